The van der Waals surface area contributed by atoms with Gasteiger partial charge in [-0.25, -0.2) is 4.98 Å². The van der Waals surface area contributed by atoms with E-state index < -0.39 is 0 Å². The lowest BCUT2D eigenvalue weighted by molar-refractivity contribution is 0.533. The van der Waals surface area contributed by atoms with Gasteiger partial charge in [0.2, 0.25) is 0 Å². The summed E-state index contributed by atoms with van der Waals surface area (Å²) in [6.07, 6.45) is 7.55. The van der Waals surface area contributed by atoms with Crippen molar-refractivity contribution in [1.29, 1.82) is 0 Å². The highest BCUT2D eigenvalue weighted by Crippen LogP contribution is 2.37. The van der Waals surface area contributed by atoms with Crippen LogP contribution < -0.4 is 9.80 Å². The van der Waals surface area contributed by atoms with E-state index in [1.165, 1.54) is 5.69 Å². The van der Waals surface area contributed by atoms with Gasteiger partial charge in [-0.1, -0.05) is 30.3 Å². The Bertz CT molecular complexity index is 917. The van der Waals surface area contributed by atoms with E-state index in [0.717, 1.165) is 47.7 Å². The summed E-state index contributed by atoms with van der Waals surface area (Å²) in [6, 6.07) is 12.3. The first kappa shape index (κ1) is 16.7. The van der Waals surface area contributed by atoms with Crippen molar-refractivity contribution in [2.24, 2.45) is 11.8 Å². The molecule has 2 fully saturated rings. The third-order valence-electron chi connectivity index (χ3n) is 5.61. The molecule has 3 aromatic rings. The number of hydrogen-bond acceptors (Lipinski definition) is 5. The van der Waals surface area contributed by atoms with Crippen LogP contribution in [0.5, 0.6) is 0 Å². The van der Waals surface area contributed by atoms with E-state index in [1.807, 2.05) is 43.0 Å². The number of hydrogen-bond donors (Lipinski definition) is 0. The molecule has 6 heteroatoms. The number of anilines is 2. The number of pyridine rings is 1. The second-order valence-corrected chi connectivity index (χ2v) is 8.14. The van der Waals surface area contributed by atoms with Gasteiger partial charge in [0.25, 0.3) is 0 Å². The van der Waals surface area contributed by atoms with Gasteiger partial charge in [0.15, 0.2) is 0 Å². The smallest absolute Gasteiger partial charge is 0.147 e. The minimum absolute atomic E-state index is 0.667. The molecule has 5 nitrogen and oxygen atoms in total. The van der Waals surface area contributed by atoms with Gasteiger partial charge in [-0.05, 0) is 22.0 Å². The monoisotopic (exact) mass is 421 g/mol. The molecule has 0 aliphatic carbocycles. The normalized spacial score (nSPS) is 21.5. The average molecular weight is 422 g/mol. The molecule has 1 aromatic carbocycles. The van der Waals surface area contributed by atoms with Gasteiger partial charge >= 0.3 is 0 Å². The van der Waals surface area contributed by atoms with Crippen molar-refractivity contribution < 1.29 is 0 Å². The van der Waals surface area contributed by atoms with Crippen LogP contribution in [0.3, 0.4) is 0 Å². The fourth-order valence-electron chi connectivity index (χ4n) is 4.24. The highest BCUT2D eigenvalue weighted by molar-refractivity contribution is 9.10. The molecular formula is C21H20BrN5. The van der Waals surface area contributed by atoms with E-state index in [1.54, 1.807) is 0 Å². The van der Waals surface area contributed by atoms with Crippen LogP contribution in [0.4, 0.5) is 11.5 Å². The van der Waals surface area contributed by atoms with Crippen molar-refractivity contribution in [2.75, 3.05) is 36.0 Å². The van der Waals surface area contributed by atoms with Gasteiger partial charge in [0.1, 0.15) is 5.82 Å². The minimum atomic E-state index is 0.667. The predicted octanol–water partition coefficient (Wildman–Crippen LogP) is 3.87. The van der Waals surface area contributed by atoms with Crippen LogP contribution in [-0.2, 0) is 0 Å². The largest absolute Gasteiger partial charge is 0.370 e. The topological polar surface area (TPSA) is 45.2 Å². The molecule has 2 aliphatic heterocycles. The summed E-state index contributed by atoms with van der Waals surface area (Å²) in [4.78, 5) is 18.4. The standard InChI is InChI=1S/C21H20BrN5/c22-18-8-23-7-6-20(18)26-11-16-13-27(14-17(16)12-26)21-10-24-19(9-25-21)15-4-2-1-3-5-15/h1-10,16-17H,11-14H2. The van der Waals surface area contributed by atoms with Gasteiger partial charge in [-0.2, -0.15) is 0 Å². The zero-order valence-electron chi connectivity index (χ0n) is 14.9. The zero-order chi connectivity index (χ0) is 18.2. The number of aromatic nitrogens is 3. The summed E-state index contributed by atoms with van der Waals surface area (Å²) in [5.74, 6) is 2.32. The number of rotatable bonds is 3. The summed E-state index contributed by atoms with van der Waals surface area (Å²) in [6.45, 7) is 4.26. The van der Waals surface area contributed by atoms with E-state index in [4.69, 9.17) is 0 Å². The first-order valence-electron chi connectivity index (χ1n) is 9.25. The Balaban J connectivity index is 1.27. The van der Waals surface area contributed by atoms with Crippen LogP contribution in [0.25, 0.3) is 11.3 Å². The van der Waals surface area contributed by atoms with Crippen LogP contribution in [-0.4, -0.2) is 41.1 Å². The Morgan fingerprint density at radius 2 is 1.56 bits per heavy atom. The first-order valence-corrected chi connectivity index (χ1v) is 10.0. The second kappa shape index (κ2) is 6.93. The van der Waals surface area contributed by atoms with Gasteiger partial charge < -0.3 is 9.80 Å². The average Bonchev–Trinajstić information content (AvgIpc) is 3.28. The summed E-state index contributed by atoms with van der Waals surface area (Å²) in [5, 5.41) is 0. The van der Waals surface area contributed by atoms with Crippen LogP contribution in [0.15, 0.2) is 65.7 Å². The molecule has 27 heavy (non-hydrogen) atoms. The summed E-state index contributed by atoms with van der Waals surface area (Å²) in [7, 11) is 0. The molecule has 2 aromatic heterocycles. The highest BCUT2D eigenvalue weighted by Gasteiger charge is 2.40. The van der Waals surface area contributed by atoms with E-state index >= 15 is 0 Å². The number of benzene rings is 1. The van der Waals surface area contributed by atoms with Crippen molar-refractivity contribution in [3.63, 3.8) is 0 Å². The maximum Gasteiger partial charge on any atom is 0.147 e. The van der Waals surface area contributed by atoms with E-state index in [-0.39, 0.29) is 0 Å². The molecule has 0 N–H and O–H groups in total. The summed E-state index contributed by atoms with van der Waals surface area (Å²) >= 11 is 3.63. The fraction of sp³-hybridized carbons (Fsp3) is 0.286. The summed E-state index contributed by atoms with van der Waals surface area (Å²) in [5.41, 5.74) is 3.28. The lowest BCUT2D eigenvalue weighted by Gasteiger charge is -2.24. The fourth-order valence-corrected chi connectivity index (χ4v) is 4.74. The Hall–Kier alpha value is -2.47. The van der Waals surface area contributed by atoms with Gasteiger partial charge in [0, 0.05) is 56.0 Å². The Morgan fingerprint density at radius 1 is 0.815 bits per heavy atom. The third-order valence-corrected chi connectivity index (χ3v) is 6.22. The Labute approximate surface area is 167 Å². The van der Waals surface area contributed by atoms with E-state index in [9.17, 15) is 0 Å². The van der Waals surface area contributed by atoms with Crippen molar-refractivity contribution in [3.05, 3.63) is 65.7 Å². The van der Waals surface area contributed by atoms with Gasteiger partial charge in [0.05, 0.1) is 28.2 Å². The Kier molecular flexibility index (Phi) is 4.28. The zero-order valence-corrected chi connectivity index (χ0v) is 16.5. The molecule has 2 unspecified atom stereocenters. The maximum atomic E-state index is 4.69. The van der Waals surface area contributed by atoms with E-state index in [0.29, 0.717) is 11.8 Å². The molecule has 0 bridgehead atoms. The quantitative estimate of drug-likeness (QED) is 0.641. The van der Waals surface area contributed by atoms with Crippen molar-refractivity contribution in [2.45, 2.75) is 0 Å². The molecule has 0 spiro atoms. The van der Waals surface area contributed by atoms with Crippen molar-refractivity contribution >= 4 is 27.4 Å². The Morgan fingerprint density at radius 3 is 2.22 bits per heavy atom. The lowest BCUT2D eigenvalue weighted by atomic mass is 10.0. The van der Waals surface area contributed by atoms with Crippen LogP contribution in [0.2, 0.25) is 0 Å². The molecule has 4 heterocycles. The molecule has 2 atom stereocenters. The van der Waals surface area contributed by atoms with Gasteiger partial charge in [-0.15, -0.1) is 0 Å². The molecule has 2 aliphatic rings. The van der Waals surface area contributed by atoms with Crippen LogP contribution in [0, 0.1) is 11.8 Å². The van der Waals surface area contributed by atoms with Gasteiger partial charge in [-0.3, -0.25) is 9.97 Å². The maximum absolute atomic E-state index is 4.69. The third kappa shape index (κ3) is 3.18. The van der Waals surface area contributed by atoms with Crippen LogP contribution >= 0.6 is 15.9 Å². The molecule has 0 radical (unpaired) electrons. The first-order chi connectivity index (χ1) is 13.3. The highest BCUT2D eigenvalue weighted by atomic mass is 79.9. The second-order valence-electron chi connectivity index (χ2n) is 7.28. The molecule has 136 valence electrons. The molecule has 0 saturated carbocycles. The minimum Gasteiger partial charge on any atom is -0.370 e. The molecule has 0 amide bonds. The van der Waals surface area contributed by atoms with Crippen molar-refractivity contribution in [1.82, 2.24) is 15.0 Å². The number of nitrogens with zero attached hydrogens (tertiary/aromatic N) is 5. The number of halogens is 1. The lowest BCUT2D eigenvalue weighted by Crippen LogP contribution is -2.29. The SMILES string of the molecule is Brc1cnccc1N1CC2CN(c3cnc(-c4ccccc4)cn3)CC2C1. The molecule has 2 saturated heterocycles. The van der Waals surface area contributed by atoms with E-state index in [2.05, 4.69) is 58.9 Å². The molecular weight excluding hydrogens is 402 g/mol. The van der Waals surface area contributed by atoms with Crippen molar-refractivity contribution in [3.8, 4) is 11.3 Å². The predicted molar refractivity (Wildman–Crippen MR) is 111 cm³/mol. The number of fused-ring (bicyclic) bond motifs is 1. The molecule has 5 rings (SSSR count). The van der Waals surface area contributed by atoms with Crippen LogP contribution in [0.1, 0.15) is 0 Å². The summed E-state index contributed by atoms with van der Waals surface area (Å²) < 4.78 is 1.07.